The number of nitrogens with zero attached hydrogens (tertiary/aromatic N) is 2. The summed E-state index contributed by atoms with van der Waals surface area (Å²) in [5, 5.41) is 3.32. The number of aromatic nitrogens is 2. The first-order valence-corrected chi connectivity index (χ1v) is 6.09. The predicted molar refractivity (Wildman–Crippen MR) is 71.6 cm³/mol. The molecule has 6 nitrogen and oxygen atoms in total. The van der Waals surface area contributed by atoms with Crippen LogP contribution >= 0.6 is 11.3 Å². The number of thiazole rings is 1. The maximum atomic E-state index is 12.0. The molecule has 4 N–H and O–H groups in total. The SMILES string of the molecule is Cc1nc(NC(=O)c2ccncc2NN)sc1C. The number of nitrogens with one attached hydrogen (secondary N) is 2. The smallest absolute Gasteiger partial charge is 0.259 e. The van der Waals surface area contributed by atoms with E-state index in [0.717, 1.165) is 10.6 Å². The van der Waals surface area contributed by atoms with Gasteiger partial charge in [0.1, 0.15) is 0 Å². The quantitative estimate of drug-likeness (QED) is 0.579. The van der Waals surface area contributed by atoms with Crippen LogP contribution in [-0.4, -0.2) is 15.9 Å². The van der Waals surface area contributed by atoms with Crippen molar-refractivity contribution < 1.29 is 4.79 Å². The molecule has 7 heteroatoms. The van der Waals surface area contributed by atoms with Crippen LogP contribution in [-0.2, 0) is 0 Å². The molecule has 2 aromatic heterocycles. The fourth-order valence-electron chi connectivity index (χ4n) is 1.40. The Labute approximate surface area is 108 Å². The van der Waals surface area contributed by atoms with Crippen molar-refractivity contribution in [3.05, 3.63) is 34.6 Å². The molecule has 0 fully saturated rings. The van der Waals surface area contributed by atoms with Crippen LogP contribution in [0.5, 0.6) is 0 Å². The van der Waals surface area contributed by atoms with Crippen LogP contribution in [0.1, 0.15) is 20.9 Å². The van der Waals surface area contributed by atoms with E-state index in [2.05, 4.69) is 20.7 Å². The molecular weight excluding hydrogens is 250 g/mol. The fraction of sp³-hybridized carbons (Fsp3) is 0.182. The lowest BCUT2D eigenvalue weighted by molar-refractivity contribution is 0.102. The molecule has 0 atom stereocenters. The van der Waals surface area contributed by atoms with E-state index in [-0.39, 0.29) is 5.91 Å². The van der Waals surface area contributed by atoms with E-state index in [0.29, 0.717) is 16.4 Å². The summed E-state index contributed by atoms with van der Waals surface area (Å²) in [6.45, 7) is 3.86. The topological polar surface area (TPSA) is 92.9 Å². The van der Waals surface area contributed by atoms with Gasteiger partial charge in [-0.1, -0.05) is 0 Å². The average Bonchev–Trinajstić information content (AvgIpc) is 2.68. The van der Waals surface area contributed by atoms with Gasteiger partial charge in [-0.15, -0.1) is 11.3 Å². The Hall–Kier alpha value is -1.99. The molecule has 0 saturated carbocycles. The minimum absolute atomic E-state index is 0.265. The summed E-state index contributed by atoms with van der Waals surface area (Å²) in [4.78, 5) is 21.3. The Balaban J connectivity index is 2.22. The summed E-state index contributed by atoms with van der Waals surface area (Å²) in [6, 6.07) is 1.60. The first-order valence-electron chi connectivity index (χ1n) is 5.28. The molecule has 0 radical (unpaired) electrons. The molecule has 2 aromatic rings. The third-order valence-corrected chi connectivity index (χ3v) is 3.46. The maximum absolute atomic E-state index is 12.0. The van der Waals surface area contributed by atoms with Gasteiger partial charge in [-0.05, 0) is 19.9 Å². The van der Waals surface area contributed by atoms with Crippen LogP contribution in [0, 0.1) is 13.8 Å². The molecule has 0 aliphatic rings. The maximum Gasteiger partial charge on any atom is 0.259 e. The molecule has 2 heterocycles. The van der Waals surface area contributed by atoms with E-state index < -0.39 is 0 Å². The fourth-order valence-corrected chi connectivity index (χ4v) is 2.21. The van der Waals surface area contributed by atoms with E-state index in [9.17, 15) is 4.79 Å². The minimum Gasteiger partial charge on any atom is -0.322 e. The lowest BCUT2D eigenvalue weighted by Crippen LogP contribution is -2.17. The zero-order valence-corrected chi connectivity index (χ0v) is 10.8. The molecule has 0 bridgehead atoms. The van der Waals surface area contributed by atoms with E-state index in [1.807, 2.05) is 13.8 Å². The van der Waals surface area contributed by atoms with E-state index in [4.69, 9.17) is 5.84 Å². The van der Waals surface area contributed by atoms with Crippen LogP contribution in [0.25, 0.3) is 0 Å². The molecule has 94 valence electrons. The van der Waals surface area contributed by atoms with Crippen molar-refractivity contribution in [1.82, 2.24) is 9.97 Å². The second kappa shape index (κ2) is 5.11. The molecule has 0 aliphatic heterocycles. The number of anilines is 2. The van der Waals surface area contributed by atoms with Crippen LogP contribution < -0.4 is 16.6 Å². The minimum atomic E-state index is -0.265. The molecule has 0 spiro atoms. The number of hydrogen-bond acceptors (Lipinski definition) is 6. The van der Waals surface area contributed by atoms with Crippen molar-refractivity contribution in [2.45, 2.75) is 13.8 Å². The van der Waals surface area contributed by atoms with Gasteiger partial charge in [-0.2, -0.15) is 0 Å². The predicted octanol–water partition coefficient (Wildman–Crippen LogP) is 1.69. The molecule has 18 heavy (non-hydrogen) atoms. The second-order valence-electron chi connectivity index (χ2n) is 3.68. The third-order valence-electron chi connectivity index (χ3n) is 2.47. The van der Waals surface area contributed by atoms with Gasteiger partial charge in [0, 0.05) is 11.1 Å². The average molecular weight is 263 g/mol. The van der Waals surface area contributed by atoms with Gasteiger partial charge in [0.25, 0.3) is 5.91 Å². The molecule has 0 saturated heterocycles. The van der Waals surface area contributed by atoms with Crippen molar-refractivity contribution in [2.24, 2.45) is 5.84 Å². The zero-order chi connectivity index (χ0) is 13.1. The Kier molecular flexibility index (Phi) is 3.54. The van der Waals surface area contributed by atoms with Crippen molar-refractivity contribution in [3.63, 3.8) is 0 Å². The molecule has 0 unspecified atom stereocenters. The van der Waals surface area contributed by atoms with Gasteiger partial charge in [-0.3, -0.25) is 20.9 Å². The summed E-state index contributed by atoms with van der Waals surface area (Å²) in [7, 11) is 0. The highest BCUT2D eigenvalue weighted by atomic mass is 32.1. The van der Waals surface area contributed by atoms with Gasteiger partial charge in [-0.25, -0.2) is 4.98 Å². The lowest BCUT2D eigenvalue weighted by Gasteiger charge is -2.06. The summed E-state index contributed by atoms with van der Waals surface area (Å²) >= 11 is 1.44. The van der Waals surface area contributed by atoms with Crippen molar-refractivity contribution in [1.29, 1.82) is 0 Å². The van der Waals surface area contributed by atoms with Crippen LogP contribution in [0.15, 0.2) is 18.5 Å². The van der Waals surface area contributed by atoms with E-state index >= 15 is 0 Å². The van der Waals surface area contributed by atoms with Crippen molar-refractivity contribution >= 4 is 28.1 Å². The Bertz CT molecular complexity index is 561. The highest BCUT2D eigenvalue weighted by Gasteiger charge is 2.13. The third kappa shape index (κ3) is 2.47. The van der Waals surface area contributed by atoms with Crippen molar-refractivity contribution in [2.75, 3.05) is 10.7 Å². The molecule has 0 aromatic carbocycles. The lowest BCUT2D eigenvalue weighted by atomic mass is 10.2. The highest BCUT2D eigenvalue weighted by Crippen LogP contribution is 2.22. The summed E-state index contributed by atoms with van der Waals surface area (Å²) in [5.41, 5.74) is 4.26. The molecule has 2 rings (SSSR count). The molecule has 1 amide bonds. The number of carbonyl (C=O) groups excluding carboxylic acids is 1. The largest absolute Gasteiger partial charge is 0.322 e. The zero-order valence-electron chi connectivity index (χ0n) is 10.0. The van der Waals surface area contributed by atoms with Gasteiger partial charge < -0.3 is 5.43 Å². The van der Waals surface area contributed by atoms with Gasteiger partial charge in [0.15, 0.2) is 5.13 Å². The van der Waals surface area contributed by atoms with E-state index in [1.54, 1.807) is 6.07 Å². The molecular formula is C11H13N5OS. The monoisotopic (exact) mass is 263 g/mol. The van der Waals surface area contributed by atoms with Crippen molar-refractivity contribution in [3.8, 4) is 0 Å². The number of rotatable bonds is 3. The van der Waals surface area contributed by atoms with Crippen LogP contribution in [0.2, 0.25) is 0 Å². The number of amides is 1. The first-order chi connectivity index (χ1) is 8.61. The van der Waals surface area contributed by atoms with E-state index in [1.165, 1.54) is 23.7 Å². The number of aryl methyl sites for hydroxylation is 2. The van der Waals surface area contributed by atoms with Gasteiger partial charge in [0.2, 0.25) is 0 Å². The second-order valence-corrected chi connectivity index (χ2v) is 4.88. The van der Waals surface area contributed by atoms with Gasteiger partial charge in [0.05, 0.1) is 23.1 Å². The number of carbonyl (C=O) groups is 1. The number of hydrogen-bond donors (Lipinski definition) is 3. The summed E-state index contributed by atoms with van der Waals surface area (Å²) < 4.78 is 0. The first kappa shape index (κ1) is 12.5. The molecule has 0 aliphatic carbocycles. The Morgan fingerprint density at radius 3 is 2.83 bits per heavy atom. The summed E-state index contributed by atoms with van der Waals surface area (Å²) in [5.74, 6) is 5.06. The Morgan fingerprint density at radius 1 is 1.44 bits per heavy atom. The van der Waals surface area contributed by atoms with Gasteiger partial charge >= 0.3 is 0 Å². The standard InChI is InChI=1S/C11H13N5OS/c1-6-7(2)18-11(14-6)15-10(17)8-3-4-13-5-9(8)16-12/h3-5,16H,12H2,1-2H3,(H,14,15,17). The number of pyridine rings is 1. The normalized spacial score (nSPS) is 10.2. The highest BCUT2D eigenvalue weighted by molar-refractivity contribution is 7.15. The summed E-state index contributed by atoms with van der Waals surface area (Å²) in [6.07, 6.45) is 3.03. The number of nitrogen functional groups attached to an aromatic ring is 1. The number of hydrazine groups is 1. The van der Waals surface area contributed by atoms with Crippen LogP contribution in [0.3, 0.4) is 0 Å². The van der Waals surface area contributed by atoms with Crippen LogP contribution in [0.4, 0.5) is 10.8 Å². The Morgan fingerprint density at radius 2 is 2.22 bits per heavy atom. The number of nitrogens with two attached hydrogens (primary N) is 1.